The highest BCUT2D eigenvalue weighted by Gasteiger charge is 2.31. The molecule has 0 bridgehead atoms. The molecule has 9 nitrogen and oxygen atoms in total. The smallest absolute Gasteiger partial charge is 0.364 e. The molecule has 208 valence electrons. The van der Waals surface area contributed by atoms with Crippen LogP contribution in [0.25, 0.3) is 5.82 Å². The van der Waals surface area contributed by atoms with Gasteiger partial charge in [-0.05, 0) is 61.9 Å². The Labute approximate surface area is 233 Å². The normalized spacial score (nSPS) is 11.2. The molecule has 1 amide bonds. The molecule has 41 heavy (non-hydrogen) atoms. The van der Waals surface area contributed by atoms with Crippen LogP contribution in [0.4, 0.5) is 36.2 Å². The molecule has 0 aliphatic rings. The second-order valence-corrected chi connectivity index (χ2v) is 9.21. The Balaban J connectivity index is 1.35. The number of anilines is 4. The Kier molecular flexibility index (Phi) is 7.64. The summed E-state index contributed by atoms with van der Waals surface area (Å²) in [6, 6.07) is 18.7. The third-order valence-electron chi connectivity index (χ3n) is 6.09. The number of halogens is 3. The van der Waals surface area contributed by atoms with Gasteiger partial charge in [-0.1, -0.05) is 18.2 Å². The summed E-state index contributed by atoms with van der Waals surface area (Å²) in [4.78, 5) is 25.7. The van der Waals surface area contributed by atoms with Crippen molar-refractivity contribution in [3.63, 3.8) is 0 Å². The SMILES string of the molecule is Cc1cc(Nc2cc(NC(=O)c3cccc(C(F)(F)F)c3)ccc2C)n(-c2cc(NCc3ccccn3)ncn2)n1. The molecule has 3 heterocycles. The summed E-state index contributed by atoms with van der Waals surface area (Å²) in [6.07, 6.45) is -1.38. The van der Waals surface area contributed by atoms with Crippen molar-refractivity contribution in [1.29, 1.82) is 0 Å². The van der Waals surface area contributed by atoms with Gasteiger partial charge in [-0.15, -0.1) is 0 Å². The highest BCUT2D eigenvalue weighted by Crippen LogP contribution is 2.30. The van der Waals surface area contributed by atoms with Crippen molar-refractivity contribution >= 4 is 28.9 Å². The van der Waals surface area contributed by atoms with E-state index < -0.39 is 17.6 Å². The summed E-state index contributed by atoms with van der Waals surface area (Å²) in [7, 11) is 0. The number of aryl methyl sites for hydroxylation is 2. The van der Waals surface area contributed by atoms with Crippen molar-refractivity contribution in [2.75, 3.05) is 16.0 Å². The summed E-state index contributed by atoms with van der Waals surface area (Å²) < 4.78 is 40.9. The van der Waals surface area contributed by atoms with Crippen LogP contribution >= 0.6 is 0 Å². The van der Waals surface area contributed by atoms with E-state index in [0.717, 1.165) is 29.1 Å². The highest BCUT2D eigenvalue weighted by molar-refractivity contribution is 6.04. The number of pyridine rings is 1. The van der Waals surface area contributed by atoms with Gasteiger partial charge in [0.05, 0.1) is 23.5 Å². The number of amides is 1. The van der Waals surface area contributed by atoms with E-state index in [4.69, 9.17) is 0 Å². The van der Waals surface area contributed by atoms with Crippen LogP contribution in [0.1, 0.15) is 32.9 Å². The average Bonchev–Trinajstić information content (AvgIpc) is 3.34. The average molecular weight is 559 g/mol. The van der Waals surface area contributed by atoms with E-state index in [1.54, 1.807) is 35.1 Å². The lowest BCUT2D eigenvalue weighted by Crippen LogP contribution is -2.14. The zero-order valence-corrected chi connectivity index (χ0v) is 22.1. The Hall–Kier alpha value is -5.26. The molecule has 5 aromatic rings. The van der Waals surface area contributed by atoms with Gasteiger partial charge in [-0.2, -0.15) is 23.0 Å². The van der Waals surface area contributed by atoms with Gasteiger partial charge in [0, 0.05) is 35.3 Å². The fourth-order valence-electron chi connectivity index (χ4n) is 4.02. The maximum absolute atomic E-state index is 13.1. The number of carbonyl (C=O) groups is 1. The first-order chi connectivity index (χ1) is 19.7. The van der Waals surface area contributed by atoms with Crippen LogP contribution in [0.3, 0.4) is 0 Å². The molecule has 0 aliphatic carbocycles. The van der Waals surface area contributed by atoms with E-state index in [1.807, 2.05) is 38.1 Å². The van der Waals surface area contributed by atoms with Gasteiger partial charge in [0.2, 0.25) is 0 Å². The fourth-order valence-corrected chi connectivity index (χ4v) is 4.02. The summed E-state index contributed by atoms with van der Waals surface area (Å²) in [5.74, 6) is 1.07. The summed E-state index contributed by atoms with van der Waals surface area (Å²) in [5, 5.41) is 13.8. The maximum Gasteiger partial charge on any atom is 0.416 e. The van der Waals surface area contributed by atoms with Crippen molar-refractivity contribution in [3.8, 4) is 5.82 Å². The molecule has 0 fully saturated rings. The minimum Gasteiger partial charge on any atom is -0.364 e. The predicted molar refractivity (Wildman–Crippen MR) is 149 cm³/mol. The maximum atomic E-state index is 13.1. The second-order valence-electron chi connectivity index (χ2n) is 9.21. The zero-order chi connectivity index (χ0) is 29.0. The third-order valence-corrected chi connectivity index (χ3v) is 6.09. The largest absolute Gasteiger partial charge is 0.416 e. The molecule has 2 aromatic carbocycles. The molecule has 5 rings (SSSR count). The first-order valence-corrected chi connectivity index (χ1v) is 12.5. The third kappa shape index (κ3) is 6.67. The van der Waals surface area contributed by atoms with Crippen molar-refractivity contribution in [2.45, 2.75) is 26.6 Å². The quantitative estimate of drug-likeness (QED) is 0.205. The van der Waals surface area contributed by atoms with Crippen LogP contribution in [0, 0.1) is 13.8 Å². The number of nitrogens with one attached hydrogen (secondary N) is 3. The lowest BCUT2D eigenvalue weighted by atomic mass is 10.1. The molecule has 0 aliphatic heterocycles. The van der Waals surface area contributed by atoms with E-state index in [1.165, 1.54) is 18.5 Å². The number of carbonyl (C=O) groups excluding carboxylic acids is 1. The monoisotopic (exact) mass is 558 g/mol. The van der Waals surface area contributed by atoms with E-state index in [0.29, 0.717) is 35.4 Å². The lowest BCUT2D eigenvalue weighted by molar-refractivity contribution is -0.137. The summed E-state index contributed by atoms with van der Waals surface area (Å²) in [5.41, 5.74) is 2.55. The van der Waals surface area contributed by atoms with E-state index in [-0.39, 0.29) is 5.56 Å². The van der Waals surface area contributed by atoms with Crippen LogP contribution in [0.15, 0.2) is 85.3 Å². The molecule has 3 aromatic heterocycles. The summed E-state index contributed by atoms with van der Waals surface area (Å²) in [6.45, 7) is 4.22. The molecule has 3 N–H and O–H groups in total. The molecular formula is C29H25F3N8O. The lowest BCUT2D eigenvalue weighted by Gasteiger charge is -2.14. The van der Waals surface area contributed by atoms with Gasteiger partial charge >= 0.3 is 6.18 Å². The second kappa shape index (κ2) is 11.5. The van der Waals surface area contributed by atoms with Crippen LogP contribution < -0.4 is 16.0 Å². The van der Waals surface area contributed by atoms with Crippen molar-refractivity contribution < 1.29 is 18.0 Å². The van der Waals surface area contributed by atoms with Crippen molar-refractivity contribution in [3.05, 3.63) is 113 Å². The van der Waals surface area contributed by atoms with Crippen LogP contribution in [0.5, 0.6) is 0 Å². The molecule has 12 heteroatoms. The molecule has 0 saturated carbocycles. The van der Waals surface area contributed by atoms with Gasteiger partial charge in [0.15, 0.2) is 5.82 Å². The van der Waals surface area contributed by atoms with Crippen molar-refractivity contribution in [2.24, 2.45) is 0 Å². The molecule has 0 spiro atoms. The Morgan fingerprint density at radius 3 is 2.56 bits per heavy atom. The molecular weight excluding hydrogens is 533 g/mol. The first-order valence-electron chi connectivity index (χ1n) is 12.5. The molecule has 0 saturated heterocycles. The Bertz CT molecular complexity index is 1690. The number of hydrogen-bond donors (Lipinski definition) is 3. The number of aromatic nitrogens is 5. The first kappa shape index (κ1) is 27.3. The topological polar surface area (TPSA) is 110 Å². The van der Waals surface area contributed by atoms with Crippen LogP contribution in [-0.4, -0.2) is 30.6 Å². The summed E-state index contributed by atoms with van der Waals surface area (Å²) >= 11 is 0. The fraction of sp³-hybridized carbons (Fsp3) is 0.138. The minimum atomic E-state index is -4.54. The Morgan fingerprint density at radius 2 is 1.78 bits per heavy atom. The molecule has 0 unspecified atom stereocenters. The van der Waals surface area contributed by atoms with E-state index in [9.17, 15) is 18.0 Å². The van der Waals surface area contributed by atoms with Gasteiger partial charge < -0.3 is 16.0 Å². The Morgan fingerprint density at radius 1 is 0.927 bits per heavy atom. The predicted octanol–water partition coefficient (Wildman–Crippen LogP) is 6.30. The highest BCUT2D eigenvalue weighted by atomic mass is 19.4. The van der Waals surface area contributed by atoms with Crippen LogP contribution in [0.2, 0.25) is 0 Å². The number of nitrogens with zero attached hydrogens (tertiary/aromatic N) is 5. The number of hydrogen-bond acceptors (Lipinski definition) is 7. The van der Waals surface area contributed by atoms with Crippen LogP contribution in [-0.2, 0) is 12.7 Å². The van der Waals surface area contributed by atoms with E-state index in [2.05, 4.69) is 36.0 Å². The number of rotatable bonds is 8. The molecule has 0 radical (unpaired) electrons. The van der Waals surface area contributed by atoms with Crippen molar-refractivity contribution in [1.82, 2.24) is 24.7 Å². The van der Waals surface area contributed by atoms with Gasteiger partial charge in [0.1, 0.15) is 18.0 Å². The van der Waals surface area contributed by atoms with Gasteiger partial charge in [-0.25, -0.2) is 9.97 Å². The van der Waals surface area contributed by atoms with Gasteiger partial charge in [-0.3, -0.25) is 9.78 Å². The van der Waals surface area contributed by atoms with Gasteiger partial charge in [0.25, 0.3) is 5.91 Å². The standard InChI is InChI=1S/C29H25F3N8O/c1-18-9-10-22(37-28(41)20-6-5-7-21(13-20)29(30,31)32)14-24(18)38-27-12-19(2)39-40(27)26-15-25(35-17-36-26)34-16-23-8-3-4-11-33-23/h3-15,17,38H,16H2,1-2H3,(H,37,41)(H,34,35,36). The number of benzene rings is 2. The number of alkyl halides is 3. The van der Waals surface area contributed by atoms with E-state index >= 15 is 0 Å². The molecule has 0 atom stereocenters. The zero-order valence-electron chi connectivity index (χ0n) is 22.1. The minimum absolute atomic E-state index is 0.0974.